The molecule has 0 heterocycles. The van der Waals surface area contributed by atoms with Crippen LogP contribution in [0.1, 0.15) is 64.9 Å². The number of nitrogens with one attached hydrogen (secondary N) is 3. The van der Waals surface area contributed by atoms with E-state index in [2.05, 4.69) is 16.0 Å². The molecular weight excluding hydrogens is 414 g/mol. The van der Waals surface area contributed by atoms with Crippen LogP contribution in [0.2, 0.25) is 5.02 Å². The number of halogens is 1. The van der Waals surface area contributed by atoms with E-state index in [9.17, 15) is 14.4 Å². The van der Waals surface area contributed by atoms with Crippen molar-refractivity contribution in [3.05, 3.63) is 45.5 Å². The molecule has 0 atom stereocenters. The van der Waals surface area contributed by atoms with Gasteiger partial charge < -0.3 is 16.0 Å². The first-order valence-electron chi connectivity index (χ1n) is 10.9. The van der Waals surface area contributed by atoms with Gasteiger partial charge >= 0.3 is 0 Å². The molecule has 0 aromatic heterocycles. The Balaban J connectivity index is 2.21. The number of carbonyl (C=O) groups is 3. The van der Waals surface area contributed by atoms with Crippen molar-refractivity contribution in [1.82, 2.24) is 10.6 Å². The molecule has 31 heavy (non-hydrogen) atoms. The molecule has 1 aliphatic carbocycles. The summed E-state index contributed by atoms with van der Waals surface area (Å²) < 4.78 is 0. The second kappa shape index (κ2) is 12.3. The number of amides is 3. The Labute approximate surface area is 189 Å². The average molecular weight is 446 g/mol. The quantitative estimate of drug-likeness (QED) is 0.485. The highest BCUT2D eigenvalue weighted by Gasteiger charge is 2.23. The minimum atomic E-state index is -0.268. The molecule has 0 saturated heterocycles. The van der Waals surface area contributed by atoms with Gasteiger partial charge in [0.2, 0.25) is 11.8 Å². The summed E-state index contributed by atoms with van der Waals surface area (Å²) >= 11 is 6.30. The number of rotatable bonds is 9. The highest BCUT2D eigenvalue weighted by Crippen LogP contribution is 2.28. The van der Waals surface area contributed by atoms with Crippen molar-refractivity contribution in [2.75, 3.05) is 18.4 Å². The minimum absolute atomic E-state index is 0.151. The van der Waals surface area contributed by atoms with Gasteiger partial charge in [0, 0.05) is 40.5 Å². The number of benzene rings is 1. The molecule has 1 aliphatic rings. The lowest BCUT2D eigenvalue weighted by Crippen LogP contribution is -2.30. The van der Waals surface area contributed by atoms with Crippen LogP contribution in [0.3, 0.4) is 0 Å². The van der Waals surface area contributed by atoms with Crippen LogP contribution < -0.4 is 16.0 Å². The molecule has 0 radical (unpaired) electrons. The smallest absolute Gasteiger partial charge is 0.252 e. The molecule has 3 N–H and O–H groups in total. The molecule has 1 aromatic rings. The molecule has 0 unspecified atom stereocenters. The lowest BCUT2D eigenvalue weighted by atomic mass is 9.90. The predicted octanol–water partition coefficient (Wildman–Crippen LogP) is 4.60. The second-order valence-electron chi connectivity index (χ2n) is 7.69. The zero-order valence-electron chi connectivity index (χ0n) is 18.6. The topological polar surface area (TPSA) is 87.3 Å². The maximum absolute atomic E-state index is 12.9. The summed E-state index contributed by atoms with van der Waals surface area (Å²) in [5.41, 5.74) is 2.86. The number of carbonyl (C=O) groups excluding carboxylic acids is 3. The van der Waals surface area contributed by atoms with E-state index in [1.807, 2.05) is 13.8 Å². The SMILES string of the molecule is CCCNC(=O)C1=C(C(=O)Nc2ccc(Cl)c(/C=C(\C)C(=O)NCCC)c2)CCCC1. The summed E-state index contributed by atoms with van der Waals surface area (Å²) in [5, 5.41) is 9.08. The molecule has 7 heteroatoms. The van der Waals surface area contributed by atoms with Crippen LogP contribution in [0.4, 0.5) is 5.69 Å². The lowest BCUT2D eigenvalue weighted by molar-refractivity contribution is -0.119. The van der Waals surface area contributed by atoms with Gasteiger partial charge in [-0.1, -0.05) is 25.4 Å². The predicted molar refractivity (Wildman–Crippen MR) is 126 cm³/mol. The molecule has 2 rings (SSSR count). The van der Waals surface area contributed by atoms with Gasteiger partial charge in [-0.2, -0.15) is 0 Å². The van der Waals surface area contributed by atoms with Gasteiger partial charge in [-0.15, -0.1) is 0 Å². The number of anilines is 1. The van der Waals surface area contributed by atoms with E-state index in [0.29, 0.717) is 58.9 Å². The summed E-state index contributed by atoms with van der Waals surface area (Å²) in [6.07, 6.45) is 6.38. The fraction of sp³-hybridized carbons (Fsp3) is 0.458. The minimum Gasteiger partial charge on any atom is -0.352 e. The lowest BCUT2D eigenvalue weighted by Gasteiger charge is -2.19. The molecule has 0 fully saturated rings. The Morgan fingerprint density at radius 3 is 2.23 bits per heavy atom. The molecule has 0 aliphatic heterocycles. The van der Waals surface area contributed by atoms with Crippen LogP contribution in [-0.4, -0.2) is 30.8 Å². The highest BCUT2D eigenvalue weighted by molar-refractivity contribution is 6.32. The molecule has 168 valence electrons. The van der Waals surface area contributed by atoms with Gasteiger partial charge in [0.1, 0.15) is 0 Å². The Morgan fingerprint density at radius 1 is 0.968 bits per heavy atom. The molecule has 0 spiro atoms. The molecule has 3 amide bonds. The molecule has 0 saturated carbocycles. The third kappa shape index (κ3) is 7.24. The fourth-order valence-electron chi connectivity index (χ4n) is 3.37. The van der Waals surface area contributed by atoms with Crippen molar-refractivity contribution >= 4 is 41.1 Å². The van der Waals surface area contributed by atoms with E-state index >= 15 is 0 Å². The van der Waals surface area contributed by atoms with E-state index < -0.39 is 0 Å². The van der Waals surface area contributed by atoms with Crippen LogP contribution in [0.25, 0.3) is 6.08 Å². The van der Waals surface area contributed by atoms with Crippen molar-refractivity contribution in [3.63, 3.8) is 0 Å². The van der Waals surface area contributed by atoms with Gasteiger partial charge in [-0.3, -0.25) is 14.4 Å². The Morgan fingerprint density at radius 2 is 1.58 bits per heavy atom. The molecule has 1 aromatic carbocycles. The average Bonchev–Trinajstić information content (AvgIpc) is 2.77. The molecule has 6 nitrogen and oxygen atoms in total. The van der Waals surface area contributed by atoms with E-state index in [1.54, 1.807) is 31.2 Å². The third-order valence-electron chi connectivity index (χ3n) is 5.07. The summed E-state index contributed by atoms with van der Waals surface area (Å²) in [7, 11) is 0. The van der Waals surface area contributed by atoms with Crippen LogP contribution in [0, 0.1) is 0 Å². The normalized spacial score (nSPS) is 14.3. The van der Waals surface area contributed by atoms with Gasteiger partial charge in [-0.05, 0) is 75.3 Å². The second-order valence-corrected chi connectivity index (χ2v) is 8.10. The standard InChI is InChI=1S/C24H32ClN3O3/c1-4-12-26-22(29)16(3)14-17-15-18(10-11-21(17)25)28-24(31)20-9-7-6-8-19(20)23(30)27-13-5-2/h10-11,14-15H,4-9,12-13H2,1-3H3,(H,26,29)(H,27,30)(H,28,31)/b16-14+. The zero-order chi connectivity index (χ0) is 22.8. The summed E-state index contributed by atoms with van der Waals surface area (Å²) in [5.74, 6) is -0.571. The molecule has 0 bridgehead atoms. The Bertz CT molecular complexity index is 890. The van der Waals surface area contributed by atoms with Crippen molar-refractivity contribution in [2.24, 2.45) is 0 Å². The summed E-state index contributed by atoms with van der Waals surface area (Å²) in [6, 6.07) is 5.13. The first-order chi connectivity index (χ1) is 14.9. The van der Waals surface area contributed by atoms with Crippen molar-refractivity contribution in [1.29, 1.82) is 0 Å². The number of hydrogen-bond acceptors (Lipinski definition) is 3. The fourth-order valence-corrected chi connectivity index (χ4v) is 3.54. The summed E-state index contributed by atoms with van der Waals surface area (Å²) in [6.45, 7) is 6.90. The molecular formula is C24H32ClN3O3. The maximum atomic E-state index is 12.9. The zero-order valence-corrected chi connectivity index (χ0v) is 19.3. The maximum Gasteiger partial charge on any atom is 0.252 e. The van der Waals surface area contributed by atoms with Gasteiger partial charge in [0.15, 0.2) is 0 Å². The first kappa shape index (κ1) is 24.7. The van der Waals surface area contributed by atoms with Crippen molar-refractivity contribution in [3.8, 4) is 0 Å². The third-order valence-corrected chi connectivity index (χ3v) is 5.42. The van der Waals surface area contributed by atoms with E-state index in [-0.39, 0.29) is 17.7 Å². The Hall–Kier alpha value is -2.60. The van der Waals surface area contributed by atoms with Crippen LogP contribution >= 0.6 is 11.6 Å². The Kier molecular flexibility index (Phi) is 9.79. The highest BCUT2D eigenvalue weighted by atomic mass is 35.5. The van der Waals surface area contributed by atoms with Crippen molar-refractivity contribution < 1.29 is 14.4 Å². The van der Waals surface area contributed by atoms with E-state index in [1.165, 1.54) is 0 Å². The summed E-state index contributed by atoms with van der Waals surface area (Å²) in [4.78, 5) is 37.5. The first-order valence-corrected chi connectivity index (χ1v) is 11.3. The van der Waals surface area contributed by atoms with Gasteiger partial charge in [0.25, 0.3) is 5.91 Å². The monoisotopic (exact) mass is 445 g/mol. The largest absolute Gasteiger partial charge is 0.352 e. The van der Waals surface area contributed by atoms with Crippen LogP contribution in [-0.2, 0) is 14.4 Å². The van der Waals surface area contributed by atoms with Crippen LogP contribution in [0.15, 0.2) is 34.9 Å². The van der Waals surface area contributed by atoms with Gasteiger partial charge in [0.05, 0.1) is 0 Å². The van der Waals surface area contributed by atoms with E-state index in [4.69, 9.17) is 11.6 Å². The van der Waals surface area contributed by atoms with Crippen molar-refractivity contribution in [2.45, 2.75) is 59.3 Å². The van der Waals surface area contributed by atoms with Crippen LogP contribution in [0.5, 0.6) is 0 Å². The van der Waals surface area contributed by atoms with Gasteiger partial charge in [-0.25, -0.2) is 0 Å². The number of hydrogen-bond donors (Lipinski definition) is 3. The van der Waals surface area contributed by atoms with E-state index in [0.717, 1.165) is 25.7 Å².